The molecule has 0 aliphatic rings. The van der Waals surface area contributed by atoms with Crippen LogP contribution in [0.15, 0.2) is 18.3 Å². The highest BCUT2D eigenvalue weighted by atomic mass is 19.1. The van der Waals surface area contributed by atoms with Gasteiger partial charge < -0.3 is 5.11 Å². The Morgan fingerprint density at radius 1 is 1.54 bits per heavy atom. The lowest BCUT2D eigenvalue weighted by molar-refractivity contribution is -0.137. The first-order chi connectivity index (χ1) is 6.18. The first kappa shape index (κ1) is 9.64. The van der Waals surface area contributed by atoms with Gasteiger partial charge in [-0.05, 0) is 24.5 Å². The van der Waals surface area contributed by atoms with Gasteiger partial charge in [-0.1, -0.05) is 6.07 Å². The maximum atomic E-state index is 12.3. The average Bonchev–Trinajstić information content (AvgIpc) is 2.08. The molecular weight excluding hydrogens is 173 g/mol. The molecule has 0 unspecified atom stereocenters. The minimum absolute atomic E-state index is 0.136. The van der Waals surface area contributed by atoms with E-state index >= 15 is 0 Å². The van der Waals surface area contributed by atoms with Crippen molar-refractivity contribution in [2.24, 2.45) is 0 Å². The second-order valence-corrected chi connectivity index (χ2v) is 2.74. The topological polar surface area (TPSA) is 50.2 Å². The van der Waals surface area contributed by atoms with Crippen LogP contribution in [0.5, 0.6) is 0 Å². The van der Waals surface area contributed by atoms with E-state index < -0.39 is 11.9 Å². The summed E-state index contributed by atoms with van der Waals surface area (Å²) < 4.78 is 12.3. The molecule has 4 heteroatoms. The fourth-order valence-corrected chi connectivity index (χ4v) is 0.998. The zero-order valence-corrected chi connectivity index (χ0v) is 7.03. The number of carboxylic acid groups (broad SMARTS) is 1. The number of aryl methyl sites for hydroxylation is 1. The van der Waals surface area contributed by atoms with E-state index in [-0.39, 0.29) is 6.42 Å². The van der Waals surface area contributed by atoms with Crippen molar-refractivity contribution in [3.63, 3.8) is 0 Å². The van der Waals surface area contributed by atoms with Crippen molar-refractivity contribution in [3.8, 4) is 0 Å². The van der Waals surface area contributed by atoms with Gasteiger partial charge >= 0.3 is 5.97 Å². The number of aliphatic carboxylic acids is 1. The van der Waals surface area contributed by atoms with Gasteiger partial charge in [0.15, 0.2) is 0 Å². The molecule has 0 aliphatic carbocycles. The van der Waals surface area contributed by atoms with E-state index in [1.165, 1.54) is 12.3 Å². The maximum Gasteiger partial charge on any atom is 0.303 e. The Bertz CT molecular complexity index is 284. The molecule has 1 aromatic rings. The first-order valence-electron chi connectivity index (χ1n) is 4.00. The number of nitrogens with zero attached hydrogens (tertiary/aromatic N) is 1. The van der Waals surface area contributed by atoms with Gasteiger partial charge in [-0.2, -0.15) is 4.39 Å². The highest BCUT2D eigenvalue weighted by molar-refractivity contribution is 5.66. The van der Waals surface area contributed by atoms with Crippen LogP contribution in [0.3, 0.4) is 0 Å². The van der Waals surface area contributed by atoms with Gasteiger partial charge in [-0.15, -0.1) is 0 Å². The van der Waals surface area contributed by atoms with Crippen LogP contribution >= 0.6 is 0 Å². The summed E-state index contributed by atoms with van der Waals surface area (Å²) in [6.45, 7) is 0. The Balaban J connectivity index is 2.37. The quantitative estimate of drug-likeness (QED) is 0.722. The van der Waals surface area contributed by atoms with Gasteiger partial charge in [0.2, 0.25) is 5.95 Å². The lowest BCUT2D eigenvalue weighted by atomic mass is 10.1. The molecule has 0 saturated heterocycles. The van der Waals surface area contributed by atoms with Gasteiger partial charge in [0, 0.05) is 12.6 Å². The number of hydrogen-bond donors (Lipinski definition) is 1. The monoisotopic (exact) mass is 183 g/mol. The lowest BCUT2D eigenvalue weighted by Gasteiger charge is -1.97. The Hall–Kier alpha value is -1.45. The van der Waals surface area contributed by atoms with Crippen molar-refractivity contribution in [1.29, 1.82) is 0 Å². The minimum Gasteiger partial charge on any atom is -0.481 e. The SMILES string of the molecule is O=C(O)CCCc1ccc(F)nc1. The Labute approximate surface area is 75.2 Å². The second-order valence-electron chi connectivity index (χ2n) is 2.74. The molecule has 70 valence electrons. The summed E-state index contributed by atoms with van der Waals surface area (Å²) >= 11 is 0. The summed E-state index contributed by atoms with van der Waals surface area (Å²) in [5, 5.41) is 8.36. The second kappa shape index (κ2) is 4.54. The lowest BCUT2D eigenvalue weighted by Crippen LogP contribution is -1.96. The predicted molar refractivity (Wildman–Crippen MR) is 44.8 cm³/mol. The van der Waals surface area contributed by atoms with Crippen LogP contribution in [0.25, 0.3) is 0 Å². The molecule has 13 heavy (non-hydrogen) atoms. The van der Waals surface area contributed by atoms with E-state index in [0.717, 1.165) is 5.56 Å². The Kier molecular flexibility index (Phi) is 3.37. The molecule has 0 atom stereocenters. The van der Waals surface area contributed by atoms with E-state index in [4.69, 9.17) is 5.11 Å². The molecule has 0 amide bonds. The number of carboxylic acids is 1. The van der Waals surface area contributed by atoms with Gasteiger partial charge in [0.25, 0.3) is 0 Å². The van der Waals surface area contributed by atoms with E-state index in [1.807, 2.05) is 0 Å². The predicted octanol–water partition coefficient (Wildman–Crippen LogP) is 1.63. The molecule has 0 aromatic carbocycles. The molecular formula is C9H10FNO2. The molecule has 0 saturated carbocycles. The summed E-state index contributed by atoms with van der Waals surface area (Å²) in [5.41, 5.74) is 0.864. The summed E-state index contributed by atoms with van der Waals surface area (Å²) in [6, 6.07) is 2.89. The van der Waals surface area contributed by atoms with Crippen LogP contribution in [0.2, 0.25) is 0 Å². The largest absolute Gasteiger partial charge is 0.481 e. The number of halogens is 1. The zero-order chi connectivity index (χ0) is 9.68. The molecule has 0 fully saturated rings. The van der Waals surface area contributed by atoms with Crippen LogP contribution in [-0.2, 0) is 11.2 Å². The van der Waals surface area contributed by atoms with Crippen molar-refractivity contribution >= 4 is 5.97 Å². The first-order valence-corrected chi connectivity index (χ1v) is 4.00. The van der Waals surface area contributed by atoms with Gasteiger partial charge in [0.05, 0.1) is 0 Å². The normalized spacial score (nSPS) is 9.92. The van der Waals surface area contributed by atoms with Crippen LogP contribution in [-0.4, -0.2) is 16.1 Å². The molecule has 1 aromatic heterocycles. The summed E-state index contributed by atoms with van der Waals surface area (Å²) in [5.74, 6) is -1.32. The fourth-order valence-electron chi connectivity index (χ4n) is 0.998. The van der Waals surface area contributed by atoms with Gasteiger partial charge in [-0.3, -0.25) is 4.79 Å². The van der Waals surface area contributed by atoms with Crippen LogP contribution in [0.1, 0.15) is 18.4 Å². The number of rotatable bonds is 4. The average molecular weight is 183 g/mol. The number of carbonyl (C=O) groups is 1. The molecule has 0 aliphatic heterocycles. The van der Waals surface area contributed by atoms with E-state index in [9.17, 15) is 9.18 Å². The maximum absolute atomic E-state index is 12.3. The Morgan fingerprint density at radius 2 is 2.31 bits per heavy atom. The highest BCUT2D eigenvalue weighted by Crippen LogP contribution is 2.04. The van der Waals surface area contributed by atoms with Gasteiger partial charge in [0.1, 0.15) is 0 Å². The molecule has 1 rings (SSSR count). The van der Waals surface area contributed by atoms with Crippen molar-refractivity contribution in [2.75, 3.05) is 0 Å². The van der Waals surface area contributed by atoms with E-state index in [0.29, 0.717) is 12.8 Å². The molecule has 1 N–H and O–H groups in total. The molecule has 3 nitrogen and oxygen atoms in total. The smallest absolute Gasteiger partial charge is 0.303 e. The standard InChI is InChI=1S/C9H10FNO2/c10-8-5-4-7(6-11-8)2-1-3-9(12)13/h4-6H,1-3H2,(H,12,13). The molecule has 0 spiro atoms. The third-order valence-electron chi connectivity index (χ3n) is 1.64. The zero-order valence-electron chi connectivity index (χ0n) is 7.03. The fraction of sp³-hybridized carbons (Fsp3) is 0.333. The van der Waals surface area contributed by atoms with Gasteiger partial charge in [-0.25, -0.2) is 4.98 Å². The summed E-state index contributed by atoms with van der Waals surface area (Å²) in [4.78, 5) is 13.6. The third-order valence-corrected chi connectivity index (χ3v) is 1.64. The molecule has 0 radical (unpaired) electrons. The van der Waals surface area contributed by atoms with Crippen LogP contribution in [0, 0.1) is 5.95 Å². The van der Waals surface area contributed by atoms with Crippen molar-refractivity contribution in [3.05, 3.63) is 29.8 Å². The third kappa shape index (κ3) is 3.64. The molecule has 0 bridgehead atoms. The highest BCUT2D eigenvalue weighted by Gasteiger charge is 1.98. The van der Waals surface area contributed by atoms with Crippen molar-refractivity contribution in [1.82, 2.24) is 4.98 Å². The number of hydrogen-bond acceptors (Lipinski definition) is 2. The molecule has 1 heterocycles. The number of pyridine rings is 1. The Morgan fingerprint density at radius 3 is 2.85 bits per heavy atom. The van der Waals surface area contributed by atoms with Crippen LogP contribution < -0.4 is 0 Å². The van der Waals surface area contributed by atoms with Crippen molar-refractivity contribution < 1.29 is 14.3 Å². The summed E-state index contributed by atoms with van der Waals surface area (Å²) in [6.07, 6.45) is 2.75. The number of aromatic nitrogens is 1. The summed E-state index contributed by atoms with van der Waals surface area (Å²) in [7, 11) is 0. The van der Waals surface area contributed by atoms with E-state index in [2.05, 4.69) is 4.98 Å². The minimum atomic E-state index is -0.810. The van der Waals surface area contributed by atoms with Crippen LogP contribution in [0.4, 0.5) is 4.39 Å². The van der Waals surface area contributed by atoms with E-state index in [1.54, 1.807) is 6.07 Å². The van der Waals surface area contributed by atoms with Crippen molar-refractivity contribution in [2.45, 2.75) is 19.3 Å².